The van der Waals surface area contributed by atoms with Crippen LogP contribution in [0.2, 0.25) is 0 Å². The van der Waals surface area contributed by atoms with Crippen molar-refractivity contribution in [2.24, 2.45) is 5.73 Å². The monoisotopic (exact) mass is 159 g/mol. The van der Waals surface area contributed by atoms with Crippen LogP contribution in [0.1, 0.15) is 32.4 Å². The molecule has 64 valence electrons. The van der Waals surface area contributed by atoms with Gasteiger partial charge < -0.3 is 10.2 Å². The van der Waals surface area contributed by atoms with Crippen LogP contribution in [0.15, 0.2) is 10.8 Å². The standard InChI is InChI=1S/C3H3N3O2.C3H8.H2/c4-2(7)3-6-5-1-8-3;1-3-2;/h1H,(H2,4,7);3H2,1-2H3;1H. The molecule has 2 N–H and O–H groups in total. The number of hydrogen-bond donors (Lipinski definition) is 1. The minimum absolute atomic E-state index is 0. The smallest absolute Gasteiger partial charge is 0.306 e. The summed E-state index contributed by atoms with van der Waals surface area (Å²) >= 11 is 0. The van der Waals surface area contributed by atoms with Crippen molar-refractivity contribution in [1.82, 2.24) is 10.2 Å². The third-order valence-electron chi connectivity index (χ3n) is 0.571. The Labute approximate surface area is 66.1 Å². The number of carbonyl (C=O) groups excluding carboxylic acids is 1. The van der Waals surface area contributed by atoms with Gasteiger partial charge in [0.1, 0.15) is 0 Å². The molecule has 0 aliphatic carbocycles. The number of primary amides is 1. The highest BCUT2D eigenvalue weighted by atomic mass is 16.4. The molecule has 0 atom stereocenters. The number of nitrogens with zero attached hydrogens (tertiary/aromatic N) is 2. The fourth-order valence-electron chi connectivity index (χ4n) is 0.280. The number of hydrogen-bond acceptors (Lipinski definition) is 4. The molecule has 0 aliphatic rings. The van der Waals surface area contributed by atoms with Crippen LogP contribution in [-0.2, 0) is 0 Å². The summed E-state index contributed by atoms with van der Waals surface area (Å²) in [6.45, 7) is 4.25. The third-order valence-corrected chi connectivity index (χ3v) is 0.571. The predicted octanol–water partition coefficient (Wildman–Crippen LogP) is 0.831. The maximum atomic E-state index is 10.1. The van der Waals surface area contributed by atoms with Crippen LogP contribution in [-0.4, -0.2) is 16.1 Å². The second-order valence-electron chi connectivity index (χ2n) is 1.82. The number of nitrogens with two attached hydrogens (primary N) is 1. The van der Waals surface area contributed by atoms with Crippen LogP contribution >= 0.6 is 0 Å². The maximum Gasteiger partial charge on any atom is 0.306 e. The van der Waals surface area contributed by atoms with E-state index in [1.807, 2.05) is 0 Å². The Kier molecular flexibility index (Phi) is 4.72. The van der Waals surface area contributed by atoms with Crippen LogP contribution in [0.3, 0.4) is 0 Å². The molecule has 0 bridgehead atoms. The second-order valence-corrected chi connectivity index (χ2v) is 1.82. The lowest BCUT2D eigenvalue weighted by molar-refractivity contribution is 0.0967. The van der Waals surface area contributed by atoms with E-state index in [4.69, 9.17) is 5.73 Å². The lowest BCUT2D eigenvalue weighted by Crippen LogP contribution is -2.10. The van der Waals surface area contributed by atoms with Crippen molar-refractivity contribution in [3.63, 3.8) is 0 Å². The lowest BCUT2D eigenvalue weighted by atomic mass is 10.6. The van der Waals surface area contributed by atoms with Gasteiger partial charge in [0.2, 0.25) is 6.39 Å². The summed E-state index contributed by atoms with van der Waals surface area (Å²) in [7, 11) is 0. The summed E-state index contributed by atoms with van der Waals surface area (Å²) < 4.78 is 4.40. The molecule has 1 aromatic heterocycles. The van der Waals surface area contributed by atoms with Gasteiger partial charge in [-0.25, -0.2) is 0 Å². The molecule has 5 nitrogen and oxygen atoms in total. The molecule has 0 fully saturated rings. The Morgan fingerprint density at radius 2 is 2.36 bits per heavy atom. The molecule has 0 unspecified atom stereocenters. The molecule has 1 heterocycles. The van der Waals surface area contributed by atoms with E-state index < -0.39 is 5.91 Å². The zero-order chi connectivity index (χ0) is 8.69. The topological polar surface area (TPSA) is 82.0 Å². The predicted molar refractivity (Wildman–Crippen MR) is 40.9 cm³/mol. The molecule has 0 saturated heterocycles. The quantitative estimate of drug-likeness (QED) is 0.657. The molecule has 1 aromatic rings. The highest BCUT2D eigenvalue weighted by Crippen LogP contribution is 1.85. The molecule has 0 spiro atoms. The summed E-state index contributed by atoms with van der Waals surface area (Å²) in [5.74, 6) is -0.868. The van der Waals surface area contributed by atoms with E-state index in [0.29, 0.717) is 0 Å². The molecular weight excluding hydrogens is 146 g/mol. The fraction of sp³-hybridized carbons (Fsp3) is 0.500. The van der Waals surface area contributed by atoms with Crippen molar-refractivity contribution in [2.75, 3.05) is 0 Å². The third kappa shape index (κ3) is 4.07. The fourth-order valence-corrected chi connectivity index (χ4v) is 0.280. The van der Waals surface area contributed by atoms with Crippen LogP contribution < -0.4 is 5.73 Å². The summed E-state index contributed by atoms with van der Waals surface area (Å²) in [6.07, 6.45) is 2.29. The largest absolute Gasteiger partial charge is 0.420 e. The highest BCUT2D eigenvalue weighted by Gasteiger charge is 2.02. The Balaban J connectivity index is 0. The molecule has 1 amide bonds. The van der Waals surface area contributed by atoms with Crippen molar-refractivity contribution in [1.29, 1.82) is 0 Å². The lowest BCUT2D eigenvalue weighted by Gasteiger charge is -1.76. The van der Waals surface area contributed by atoms with Crippen LogP contribution in [0.4, 0.5) is 0 Å². The molecule has 11 heavy (non-hydrogen) atoms. The molecule has 0 aliphatic heterocycles. The van der Waals surface area contributed by atoms with Gasteiger partial charge >= 0.3 is 11.8 Å². The van der Waals surface area contributed by atoms with Gasteiger partial charge in [0.15, 0.2) is 0 Å². The zero-order valence-electron chi connectivity index (χ0n) is 6.57. The van der Waals surface area contributed by atoms with Crippen molar-refractivity contribution in [3.05, 3.63) is 12.3 Å². The molecule has 0 aromatic carbocycles. The summed E-state index contributed by atoms with van der Waals surface area (Å²) in [5, 5.41) is 6.45. The van der Waals surface area contributed by atoms with E-state index >= 15 is 0 Å². The molecule has 0 radical (unpaired) electrons. The van der Waals surface area contributed by atoms with Gasteiger partial charge in [0, 0.05) is 1.43 Å². The summed E-state index contributed by atoms with van der Waals surface area (Å²) in [5.41, 5.74) is 4.72. The Morgan fingerprint density at radius 1 is 1.82 bits per heavy atom. The van der Waals surface area contributed by atoms with Crippen molar-refractivity contribution in [2.45, 2.75) is 20.3 Å². The van der Waals surface area contributed by atoms with E-state index in [2.05, 4.69) is 28.5 Å². The summed E-state index contributed by atoms with van der Waals surface area (Å²) in [6, 6.07) is 0. The van der Waals surface area contributed by atoms with Gasteiger partial charge in [-0.1, -0.05) is 20.3 Å². The van der Waals surface area contributed by atoms with Gasteiger partial charge in [-0.05, 0) is 0 Å². The number of carbonyl (C=O) groups is 1. The Morgan fingerprint density at radius 3 is 2.55 bits per heavy atom. The van der Waals surface area contributed by atoms with Gasteiger partial charge in [-0.3, -0.25) is 4.79 Å². The van der Waals surface area contributed by atoms with E-state index in [1.54, 1.807) is 0 Å². The molecule has 1 rings (SSSR count). The first-order valence-corrected chi connectivity index (χ1v) is 3.28. The first kappa shape index (κ1) is 9.61. The number of rotatable bonds is 1. The first-order chi connectivity index (χ1) is 5.22. The van der Waals surface area contributed by atoms with Crippen LogP contribution in [0.5, 0.6) is 0 Å². The Hall–Kier alpha value is -1.39. The normalized spacial score (nSPS) is 8.18. The van der Waals surface area contributed by atoms with Gasteiger partial charge in [0.05, 0.1) is 0 Å². The minimum Gasteiger partial charge on any atom is -0.420 e. The van der Waals surface area contributed by atoms with E-state index in [1.165, 1.54) is 6.42 Å². The first-order valence-electron chi connectivity index (χ1n) is 3.28. The maximum absolute atomic E-state index is 10.1. The van der Waals surface area contributed by atoms with Crippen molar-refractivity contribution < 1.29 is 10.6 Å². The molecule has 0 saturated carbocycles. The SMILES string of the molecule is CCC.NC(=O)c1nnco1.[HH]. The average molecular weight is 159 g/mol. The number of amides is 1. The van der Waals surface area contributed by atoms with Crippen molar-refractivity contribution >= 4 is 5.91 Å². The van der Waals surface area contributed by atoms with E-state index in [0.717, 1.165) is 6.39 Å². The van der Waals surface area contributed by atoms with E-state index in [-0.39, 0.29) is 7.32 Å². The van der Waals surface area contributed by atoms with Crippen LogP contribution in [0, 0.1) is 0 Å². The number of aromatic nitrogens is 2. The molecule has 5 heteroatoms. The highest BCUT2D eigenvalue weighted by molar-refractivity contribution is 5.87. The van der Waals surface area contributed by atoms with Gasteiger partial charge in [-0.15, -0.1) is 10.2 Å². The van der Waals surface area contributed by atoms with Gasteiger partial charge in [-0.2, -0.15) is 0 Å². The minimum atomic E-state index is -0.706. The van der Waals surface area contributed by atoms with Crippen molar-refractivity contribution in [3.8, 4) is 0 Å². The zero-order valence-corrected chi connectivity index (χ0v) is 6.57. The van der Waals surface area contributed by atoms with E-state index in [9.17, 15) is 4.79 Å². The van der Waals surface area contributed by atoms with Crippen LogP contribution in [0.25, 0.3) is 0 Å². The molecular formula is C6H13N3O2. The van der Waals surface area contributed by atoms with Gasteiger partial charge in [0.25, 0.3) is 0 Å². The average Bonchev–Trinajstić information content (AvgIpc) is 2.38. The Bertz CT molecular complexity index is 201. The second kappa shape index (κ2) is 5.40. The summed E-state index contributed by atoms with van der Waals surface area (Å²) in [4.78, 5) is 10.1.